The summed E-state index contributed by atoms with van der Waals surface area (Å²) in [6, 6.07) is 3.77. The number of hydrogen-bond acceptors (Lipinski definition) is 3. The fourth-order valence-electron chi connectivity index (χ4n) is 1.32. The molecule has 2 aromatic rings. The van der Waals surface area contributed by atoms with Gasteiger partial charge in [-0.05, 0) is 26.0 Å². The van der Waals surface area contributed by atoms with Crippen LogP contribution in [0.4, 0.5) is 0 Å². The summed E-state index contributed by atoms with van der Waals surface area (Å²) in [6.07, 6.45) is 5.43. The van der Waals surface area contributed by atoms with Crippen LogP contribution in [0.25, 0.3) is 5.65 Å². The summed E-state index contributed by atoms with van der Waals surface area (Å²) in [5, 5.41) is 9.08. The zero-order chi connectivity index (χ0) is 11.8. The Labute approximate surface area is 97.3 Å². The number of hydrogen-bond donors (Lipinski definition) is 1. The van der Waals surface area contributed by atoms with E-state index in [0.717, 1.165) is 10.5 Å². The lowest BCUT2D eigenvalue weighted by atomic mass is 10.2. The Morgan fingerprint density at radius 3 is 2.94 bits per heavy atom. The monoisotopic (exact) mass is 236 g/mol. The first-order valence-corrected chi connectivity index (χ1v) is 5.66. The van der Waals surface area contributed by atoms with Gasteiger partial charge >= 0.3 is 5.97 Å². The molecule has 0 atom stereocenters. The number of pyridine rings is 1. The zero-order valence-electron chi connectivity index (χ0n) is 9.04. The van der Waals surface area contributed by atoms with E-state index in [2.05, 4.69) is 4.98 Å². The molecule has 0 radical (unpaired) electrons. The second kappa shape index (κ2) is 3.83. The SMILES string of the molecule is CC(C)(Sc1cccn2ccnc12)C(=O)O. The van der Waals surface area contributed by atoms with Gasteiger partial charge in [-0.25, -0.2) is 4.98 Å². The Balaban J connectivity index is 2.41. The van der Waals surface area contributed by atoms with Gasteiger partial charge in [0.25, 0.3) is 0 Å². The minimum atomic E-state index is -0.853. The number of carboxylic acid groups (broad SMARTS) is 1. The number of imidazole rings is 1. The topological polar surface area (TPSA) is 54.6 Å². The van der Waals surface area contributed by atoms with Crippen molar-refractivity contribution in [1.29, 1.82) is 0 Å². The van der Waals surface area contributed by atoms with Crippen LogP contribution in [0.2, 0.25) is 0 Å². The van der Waals surface area contributed by atoms with Crippen molar-refractivity contribution in [2.45, 2.75) is 23.5 Å². The normalized spacial score (nSPS) is 11.9. The highest BCUT2D eigenvalue weighted by molar-refractivity contribution is 8.01. The number of thioether (sulfide) groups is 1. The van der Waals surface area contributed by atoms with Crippen LogP contribution in [0.5, 0.6) is 0 Å². The largest absolute Gasteiger partial charge is 0.480 e. The molecule has 2 aromatic heterocycles. The van der Waals surface area contributed by atoms with Gasteiger partial charge in [0.2, 0.25) is 0 Å². The summed E-state index contributed by atoms with van der Waals surface area (Å²) in [4.78, 5) is 16.1. The summed E-state index contributed by atoms with van der Waals surface area (Å²) >= 11 is 1.31. The van der Waals surface area contributed by atoms with Crippen LogP contribution < -0.4 is 0 Å². The summed E-state index contributed by atoms with van der Waals surface area (Å²) in [5.74, 6) is -0.828. The predicted octanol–water partition coefficient (Wildman–Crippen LogP) is 2.29. The standard InChI is InChI=1S/C11H12N2O2S/c1-11(2,10(14)15)16-8-4-3-6-13-7-5-12-9(8)13/h3-7H,1-2H3,(H,14,15). The van der Waals surface area contributed by atoms with E-state index < -0.39 is 10.7 Å². The van der Waals surface area contributed by atoms with E-state index in [4.69, 9.17) is 5.11 Å². The minimum absolute atomic E-state index is 0.793. The predicted molar refractivity (Wildman–Crippen MR) is 62.8 cm³/mol. The van der Waals surface area contributed by atoms with Crippen molar-refractivity contribution in [3.8, 4) is 0 Å². The van der Waals surface area contributed by atoms with Gasteiger partial charge in [0.15, 0.2) is 0 Å². The molecule has 0 spiro atoms. The van der Waals surface area contributed by atoms with E-state index in [1.807, 2.05) is 28.9 Å². The molecule has 0 unspecified atom stereocenters. The van der Waals surface area contributed by atoms with Crippen molar-refractivity contribution < 1.29 is 9.90 Å². The molecule has 0 amide bonds. The molecular formula is C11H12N2O2S. The van der Waals surface area contributed by atoms with Gasteiger partial charge in [-0.15, -0.1) is 11.8 Å². The Bertz CT molecular complexity index is 534. The van der Waals surface area contributed by atoms with Gasteiger partial charge in [-0.2, -0.15) is 0 Å². The van der Waals surface area contributed by atoms with Crippen molar-refractivity contribution in [3.05, 3.63) is 30.7 Å². The lowest BCUT2D eigenvalue weighted by Gasteiger charge is -2.18. The number of carbonyl (C=O) groups is 1. The number of rotatable bonds is 3. The first-order valence-electron chi connectivity index (χ1n) is 4.85. The molecule has 0 bridgehead atoms. The minimum Gasteiger partial charge on any atom is -0.480 e. The Morgan fingerprint density at radius 1 is 1.50 bits per heavy atom. The van der Waals surface area contributed by atoms with Crippen LogP contribution >= 0.6 is 11.8 Å². The number of fused-ring (bicyclic) bond motifs is 1. The number of aliphatic carboxylic acids is 1. The van der Waals surface area contributed by atoms with Gasteiger partial charge in [-0.3, -0.25) is 4.79 Å². The molecule has 2 heterocycles. The average molecular weight is 236 g/mol. The molecule has 0 aromatic carbocycles. The van der Waals surface area contributed by atoms with E-state index in [0.29, 0.717) is 0 Å². The molecule has 0 aliphatic heterocycles. The third-order valence-corrected chi connectivity index (χ3v) is 3.49. The maximum Gasteiger partial charge on any atom is 0.319 e. The van der Waals surface area contributed by atoms with Crippen LogP contribution in [0, 0.1) is 0 Å². The molecule has 16 heavy (non-hydrogen) atoms. The first-order chi connectivity index (χ1) is 7.50. The summed E-state index contributed by atoms with van der Waals surface area (Å²) < 4.78 is 1.02. The van der Waals surface area contributed by atoms with E-state index in [1.165, 1.54) is 11.8 Å². The Kier molecular flexibility index (Phi) is 2.63. The molecule has 0 fully saturated rings. The summed E-state index contributed by atoms with van der Waals surface area (Å²) in [5.41, 5.74) is 0.793. The fraction of sp³-hybridized carbons (Fsp3) is 0.273. The quantitative estimate of drug-likeness (QED) is 0.831. The first kappa shape index (κ1) is 11.0. The summed E-state index contributed by atoms with van der Waals surface area (Å²) in [7, 11) is 0. The second-order valence-electron chi connectivity index (χ2n) is 3.95. The maximum atomic E-state index is 11.1. The molecule has 2 rings (SSSR count). The summed E-state index contributed by atoms with van der Waals surface area (Å²) in [6.45, 7) is 3.37. The van der Waals surface area contributed by atoms with E-state index >= 15 is 0 Å². The molecule has 0 aliphatic rings. The highest BCUT2D eigenvalue weighted by Gasteiger charge is 2.29. The van der Waals surface area contributed by atoms with Gasteiger partial charge in [0, 0.05) is 18.6 Å². The van der Waals surface area contributed by atoms with Crippen LogP contribution in [0.3, 0.4) is 0 Å². The van der Waals surface area contributed by atoms with Crippen LogP contribution in [0.1, 0.15) is 13.8 Å². The Morgan fingerprint density at radius 2 is 2.25 bits per heavy atom. The lowest BCUT2D eigenvalue weighted by molar-refractivity contribution is -0.138. The molecule has 0 aliphatic carbocycles. The van der Waals surface area contributed by atoms with Crippen molar-refractivity contribution in [2.75, 3.05) is 0 Å². The molecule has 84 valence electrons. The van der Waals surface area contributed by atoms with Crippen molar-refractivity contribution in [2.24, 2.45) is 0 Å². The molecule has 4 nitrogen and oxygen atoms in total. The number of nitrogens with zero attached hydrogens (tertiary/aromatic N) is 2. The lowest BCUT2D eigenvalue weighted by Crippen LogP contribution is -2.26. The third-order valence-electron chi connectivity index (χ3n) is 2.26. The van der Waals surface area contributed by atoms with Crippen LogP contribution in [0.15, 0.2) is 35.6 Å². The highest BCUT2D eigenvalue weighted by Crippen LogP contribution is 2.34. The van der Waals surface area contributed by atoms with E-state index in [-0.39, 0.29) is 0 Å². The van der Waals surface area contributed by atoms with Gasteiger partial charge in [0.1, 0.15) is 10.4 Å². The third kappa shape index (κ3) is 1.90. The van der Waals surface area contributed by atoms with E-state index in [1.54, 1.807) is 20.0 Å². The highest BCUT2D eigenvalue weighted by atomic mass is 32.2. The van der Waals surface area contributed by atoms with E-state index in [9.17, 15) is 4.79 Å². The Hall–Kier alpha value is -1.49. The molecule has 0 saturated carbocycles. The molecular weight excluding hydrogens is 224 g/mol. The smallest absolute Gasteiger partial charge is 0.319 e. The van der Waals surface area contributed by atoms with Crippen LogP contribution in [-0.4, -0.2) is 25.2 Å². The zero-order valence-corrected chi connectivity index (χ0v) is 9.86. The van der Waals surface area contributed by atoms with Crippen molar-refractivity contribution in [3.63, 3.8) is 0 Å². The number of carboxylic acids is 1. The van der Waals surface area contributed by atoms with Gasteiger partial charge in [-0.1, -0.05) is 0 Å². The molecule has 1 N–H and O–H groups in total. The second-order valence-corrected chi connectivity index (χ2v) is 5.61. The van der Waals surface area contributed by atoms with Gasteiger partial charge < -0.3 is 9.51 Å². The molecule has 5 heteroatoms. The maximum absolute atomic E-state index is 11.1. The number of aromatic nitrogens is 2. The molecule has 0 saturated heterocycles. The fourth-order valence-corrected chi connectivity index (χ4v) is 2.35. The van der Waals surface area contributed by atoms with Crippen LogP contribution in [-0.2, 0) is 4.79 Å². The van der Waals surface area contributed by atoms with Crippen molar-refractivity contribution in [1.82, 2.24) is 9.38 Å². The van der Waals surface area contributed by atoms with Gasteiger partial charge in [0.05, 0.1) is 4.90 Å². The average Bonchev–Trinajstić information content (AvgIpc) is 2.65. The van der Waals surface area contributed by atoms with Crippen molar-refractivity contribution >= 4 is 23.4 Å².